The number of carbonyl (C=O) groups is 1. The van der Waals surface area contributed by atoms with Crippen molar-refractivity contribution in [3.05, 3.63) is 35.4 Å². The number of aryl methyl sites for hydroxylation is 1. The van der Waals surface area contributed by atoms with Gasteiger partial charge in [-0.05, 0) is 24.0 Å². The highest BCUT2D eigenvalue weighted by Gasteiger charge is 2.00. The molecule has 0 amide bonds. The molecule has 0 saturated carbocycles. The molecule has 1 aromatic rings. The molecule has 0 aliphatic rings. The monoisotopic (exact) mass is 176 g/mol. The summed E-state index contributed by atoms with van der Waals surface area (Å²) in [5, 5.41) is 0. The fourth-order valence-corrected chi connectivity index (χ4v) is 1.33. The first-order valence-corrected chi connectivity index (χ1v) is 4.79. The third-order valence-corrected chi connectivity index (χ3v) is 2.22. The van der Waals surface area contributed by atoms with E-state index in [0.717, 1.165) is 19.1 Å². The van der Waals surface area contributed by atoms with Crippen LogP contribution in [0.25, 0.3) is 0 Å². The molecule has 0 fully saturated rings. The molecule has 1 atom stereocenters. The number of hydrogen-bond acceptors (Lipinski definition) is 1. The number of carbonyl (C=O) groups excluding carboxylic acids is 1. The Hall–Kier alpha value is -1.11. The summed E-state index contributed by atoms with van der Waals surface area (Å²) < 4.78 is 0. The third-order valence-electron chi connectivity index (χ3n) is 2.22. The number of aldehydes is 1. The fraction of sp³-hybridized carbons (Fsp3) is 0.417. The van der Waals surface area contributed by atoms with E-state index in [2.05, 4.69) is 31.2 Å². The molecule has 0 unspecified atom stereocenters. The van der Waals surface area contributed by atoms with Crippen LogP contribution in [0.2, 0.25) is 0 Å². The molecule has 13 heavy (non-hydrogen) atoms. The molecule has 0 heterocycles. The SMILES string of the molecule is CCc1ccc(C[C@H](C)C=O)cc1. The lowest BCUT2D eigenvalue weighted by Crippen LogP contribution is -2.00. The molecular weight excluding hydrogens is 160 g/mol. The summed E-state index contributed by atoms with van der Waals surface area (Å²) in [6, 6.07) is 8.48. The highest BCUT2D eigenvalue weighted by atomic mass is 16.1. The van der Waals surface area contributed by atoms with Crippen molar-refractivity contribution in [3.63, 3.8) is 0 Å². The van der Waals surface area contributed by atoms with Crippen LogP contribution in [0.4, 0.5) is 0 Å². The van der Waals surface area contributed by atoms with Crippen molar-refractivity contribution >= 4 is 6.29 Å². The number of hydrogen-bond donors (Lipinski definition) is 0. The number of rotatable bonds is 4. The normalized spacial score (nSPS) is 12.5. The van der Waals surface area contributed by atoms with Gasteiger partial charge in [-0.25, -0.2) is 0 Å². The van der Waals surface area contributed by atoms with Gasteiger partial charge in [-0.2, -0.15) is 0 Å². The first kappa shape index (κ1) is 9.97. The van der Waals surface area contributed by atoms with Crippen LogP contribution in [0.5, 0.6) is 0 Å². The average molecular weight is 176 g/mol. The molecule has 0 saturated heterocycles. The van der Waals surface area contributed by atoms with E-state index < -0.39 is 0 Å². The maximum atomic E-state index is 10.4. The van der Waals surface area contributed by atoms with E-state index in [1.165, 1.54) is 11.1 Å². The molecule has 0 radical (unpaired) electrons. The molecule has 0 N–H and O–H groups in total. The van der Waals surface area contributed by atoms with Gasteiger partial charge in [0, 0.05) is 5.92 Å². The molecule has 0 bridgehead atoms. The molecule has 0 aliphatic heterocycles. The maximum absolute atomic E-state index is 10.4. The predicted molar refractivity (Wildman–Crippen MR) is 54.8 cm³/mol. The summed E-state index contributed by atoms with van der Waals surface area (Å²) in [6.07, 6.45) is 2.94. The van der Waals surface area contributed by atoms with E-state index in [0.29, 0.717) is 0 Å². The summed E-state index contributed by atoms with van der Waals surface area (Å²) in [4.78, 5) is 10.4. The summed E-state index contributed by atoms with van der Waals surface area (Å²) >= 11 is 0. The lowest BCUT2D eigenvalue weighted by Gasteiger charge is -2.04. The van der Waals surface area contributed by atoms with Crippen molar-refractivity contribution in [2.24, 2.45) is 5.92 Å². The van der Waals surface area contributed by atoms with Crippen LogP contribution >= 0.6 is 0 Å². The van der Waals surface area contributed by atoms with E-state index in [-0.39, 0.29) is 5.92 Å². The molecule has 0 aromatic heterocycles. The van der Waals surface area contributed by atoms with Gasteiger partial charge in [0.25, 0.3) is 0 Å². The van der Waals surface area contributed by atoms with E-state index in [1.807, 2.05) is 6.92 Å². The first-order valence-electron chi connectivity index (χ1n) is 4.79. The largest absolute Gasteiger partial charge is 0.303 e. The molecule has 70 valence electrons. The van der Waals surface area contributed by atoms with Crippen LogP contribution in [-0.2, 0) is 17.6 Å². The Kier molecular flexibility index (Phi) is 3.69. The van der Waals surface area contributed by atoms with Gasteiger partial charge in [0.15, 0.2) is 0 Å². The molecule has 0 spiro atoms. The number of benzene rings is 1. The van der Waals surface area contributed by atoms with Crippen LogP contribution in [0.15, 0.2) is 24.3 Å². The fourth-order valence-electron chi connectivity index (χ4n) is 1.33. The predicted octanol–water partition coefficient (Wildman–Crippen LogP) is 2.63. The minimum absolute atomic E-state index is 0.132. The van der Waals surface area contributed by atoms with Gasteiger partial charge in [0.05, 0.1) is 0 Å². The van der Waals surface area contributed by atoms with Gasteiger partial charge < -0.3 is 4.79 Å². The van der Waals surface area contributed by atoms with E-state index in [1.54, 1.807) is 0 Å². The topological polar surface area (TPSA) is 17.1 Å². The summed E-state index contributed by atoms with van der Waals surface area (Å²) in [5.41, 5.74) is 2.60. The summed E-state index contributed by atoms with van der Waals surface area (Å²) in [5.74, 6) is 0.132. The second-order valence-corrected chi connectivity index (χ2v) is 3.49. The molecule has 1 heteroatoms. The van der Waals surface area contributed by atoms with Gasteiger partial charge >= 0.3 is 0 Å². The van der Waals surface area contributed by atoms with Gasteiger partial charge in [-0.1, -0.05) is 38.1 Å². The zero-order valence-corrected chi connectivity index (χ0v) is 8.29. The van der Waals surface area contributed by atoms with Crippen LogP contribution in [0, 0.1) is 5.92 Å². The summed E-state index contributed by atoms with van der Waals surface area (Å²) in [6.45, 7) is 4.09. The molecule has 1 rings (SSSR count). The quantitative estimate of drug-likeness (QED) is 0.644. The van der Waals surface area contributed by atoms with E-state index >= 15 is 0 Å². The van der Waals surface area contributed by atoms with Crippen LogP contribution in [0.1, 0.15) is 25.0 Å². The first-order chi connectivity index (χ1) is 6.26. The average Bonchev–Trinajstić information content (AvgIpc) is 2.19. The standard InChI is InChI=1S/C12H16O/c1-3-11-4-6-12(7-5-11)8-10(2)9-13/h4-7,9-10H,3,8H2,1-2H3/t10-/m0/s1. The van der Waals surface area contributed by atoms with Crippen LogP contribution in [-0.4, -0.2) is 6.29 Å². The Bertz CT molecular complexity index is 261. The van der Waals surface area contributed by atoms with Crippen LogP contribution in [0.3, 0.4) is 0 Å². The molecular formula is C12H16O. The zero-order chi connectivity index (χ0) is 9.68. The van der Waals surface area contributed by atoms with Crippen molar-refractivity contribution < 1.29 is 4.79 Å². The van der Waals surface area contributed by atoms with Gasteiger partial charge in [0.2, 0.25) is 0 Å². The Morgan fingerprint density at radius 2 is 1.77 bits per heavy atom. The lowest BCUT2D eigenvalue weighted by molar-refractivity contribution is -0.110. The van der Waals surface area contributed by atoms with Gasteiger partial charge in [-0.3, -0.25) is 0 Å². The van der Waals surface area contributed by atoms with Gasteiger partial charge in [0.1, 0.15) is 6.29 Å². The zero-order valence-electron chi connectivity index (χ0n) is 8.29. The van der Waals surface area contributed by atoms with Crippen molar-refractivity contribution in [3.8, 4) is 0 Å². The minimum Gasteiger partial charge on any atom is -0.303 e. The molecule has 1 nitrogen and oxygen atoms in total. The Labute approximate surface area is 79.8 Å². The van der Waals surface area contributed by atoms with Crippen molar-refractivity contribution in [2.75, 3.05) is 0 Å². The second kappa shape index (κ2) is 4.80. The van der Waals surface area contributed by atoms with E-state index in [9.17, 15) is 4.79 Å². The Morgan fingerprint density at radius 1 is 1.23 bits per heavy atom. The molecule has 0 aliphatic carbocycles. The second-order valence-electron chi connectivity index (χ2n) is 3.49. The van der Waals surface area contributed by atoms with Crippen molar-refractivity contribution in [1.29, 1.82) is 0 Å². The lowest BCUT2D eigenvalue weighted by atomic mass is 10.0. The maximum Gasteiger partial charge on any atom is 0.123 e. The van der Waals surface area contributed by atoms with E-state index in [4.69, 9.17) is 0 Å². The molecule has 1 aromatic carbocycles. The van der Waals surface area contributed by atoms with Crippen molar-refractivity contribution in [2.45, 2.75) is 26.7 Å². The smallest absolute Gasteiger partial charge is 0.123 e. The minimum atomic E-state index is 0.132. The third kappa shape index (κ3) is 3.02. The van der Waals surface area contributed by atoms with Crippen LogP contribution < -0.4 is 0 Å². The highest BCUT2D eigenvalue weighted by Crippen LogP contribution is 2.09. The highest BCUT2D eigenvalue weighted by molar-refractivity contribution is 5.53. The Morgan fingerprint density at radius 3 is 2.23 bits per heavy atom. The summed E-state index contributed by atoms with van der Waals surface area (Å²) in [7, 11) is 0. The van der Waals surface area contributed by atoms with Gasteiger partial charge in [-0.15, -0.1) is 0 Å². The Balaban J connectivity index is 2.63. The van der Waals surface area contributed by atoms with Crippen molar-refractivity contribution in [1.82, 2.24) is 0 Å².